The van der Waals surface area contributed by atoms with Crippen LogP contribution in [0.5, 0.6) is 11.5 Å². The van der Waals surface area contributed by atoms with Gasteiger partial charge in [-0.3, -0.25) is 0 Å². The van der Waals surface area contributed by atoms with Gasteiger partial charge in [-0.25, -0.2) is 0 Å². The van der Waals surface area contributed by atoms with Gasteiger partial charge >= 0.3 is 0 Å². The van der Waals surface area contributed by atoms with Crippen LogP contribution < -0.4 is 15.2 Å². The summed E-state index contributed by atoms with van der Waals surface area (Å²) in [5, 5.41) is 0.659. The van der Waals surface area contributed by atoms with Crippen molar-refractivity contribution in [2.24, 2.45) is 5.73 Å². The third-order valence-electron chi connectivity index (χ3n) is 3.58. The van der Waals surface area contributed by atoms with E-state index in [0.29, 0.717) is 24.0 Å². The van der Waals surface area contributed by atoms with Crippen molar-refractivity contribution < 1.29 is 9.47 Å². The van der Waals surface area contributed by atoms with E-state index in [1.165, 1.54) is 0 Å². The lowest BCUT2D eigenvalue weighted by atomic mass is 10.0. The molecule has 1 unspecified atom stereocenters. The maximum atomic E-state index is 6.33. The zero-order valence-electron chi connectivity index (χ0n) is 14.2. The lowest BCUT2D eigenvalue weighted by Gasteiger charge is -2.16. The molecule has 0 radical (unpaired) electrons. The van der Waals surface area contributed by atoms with Gasteiger partial charge in [-0.05, 0) is 50.2 Å². The second-order valence-electron chi connectivity index (χ2n) is 5.65. The molecule has 0 fully saturated rings. The van der Waals surface area contributed by atoms with Crippen LogP contribution in [0.1, 0.15) is 58.4 Å². The Morgan fingerprint density at radius 3 is 2.27 bits per heavy atom. The van der Waals surface area contributed by atoms with Gasteiger partial charge in [-0.2, -0.15) is 0 Å². The Bertz CT molecular complexity index is 437. The fraction of sp³-hybridized carbons (Fsp3) is 0.667. The molecule has 0 amide bonds. The van der Waals surface area contributed by atoms with Crippen molar-refractivity contribution in [1.82, 2.24) is 0 Å². The van der Waals surface area contributed by atoms with Gasteiger partial charge in [-0.1, -0.05) is 32.4 Å². The van der Waals surface area contributed by atoms with E-state index in [2.05, 4.69) is 20.8 Å². The van der Waals surface area contributed by atoms with Crippen LogP contribution in [-0.2, 0) is 6.42 Å². The number of ether oxygens (including phenoxy) is 2. The van der Waals surface area contributed by atoms with E-state index >= 15 is 0 Å². The highest BCUT2D eigenvalue weighted by Crippen LogP contribution is 2.34. The second-order valence-corrected chi connectivity index (χ2v) is 6.06. The van der Waals surface area contributed by atoms with Gasteiger partial charge in [0.1, 0.15) is 11.5 Å². The number of halogens is 1. The van der Waals surface area contributed by atoms with Crippen molar-refractivity contribution in [2.75, 3.05) is 13.2 Å². The first-order valence-electron chi connectivity index (χ1n) is 8.45. The normalized spacial score (nSPS) is 12.2. The Labute approximate surface area is 140 Å². The summed E-state index contributed by atoms with van der Waals surface area (Å²) >= 11 is 6.33. The summed E-state index contributed by atoms with van der Waals surface area (Å²) in [4.78, 5) is 0. The average molecular weight is 328 g/mol. The summed E-state index contributed by atoms with van der Waals surface area (Å²) < 4.78 is 11.6. The number of hydrogen-bond donors (Lipinski definition) is 1. The molecule has 1 atom stereocenters. The van der Waals surface area contributed by atoms with Gasteiger partial charge in [-0.15, -0.1) is 0 Å². The van der Waals surface area contributed by atoms with Gasteiger partial charge in [0.25, 0.3) is 0 Å². The minimum absolute atomic E-state index is 0.280. The lowest BCUT2D eigenvalue weighted by Crippen LogP contribution is -2.18. The summed E-state index contributed by atoms with van der Waals surface area (Å²) in [6, 6.07) is 4.19. The molecule has 126 valence electrons. The standard InChI is InChI=1S/C18H30ClNO2/c1-4-10-21-17-13-18(22-11-5-2)16(19)12-14(17)8-7-9-15(20)6-3/h12-13,15H,4-11,20H2,1-3H3. The van der Waals surface area contributed by atoms with Crippen LogP contribution in [0.3, 0.4) is 0 Å². The van der Waals surface area contributed by atoms with E-state index in [9.17, 15) is 0 Å². The van der Waals surface area contributed by atoms with Gasteiger partial charge in [0.2, 0.25) is 0 Å². The molecule has 0 aliphatic heterocycles. The summed E-state index contributed by atoms with van der Waals surface area (Å²) in [6.45, 7) is 7.67. The van der Waals surface area contributed by atoms with E-state index in [-0.39, 0.29) is 6.04 Å². The highest BCUT2D eigenvalue weighted by molar-refractivity contribution is 6.32. The zero-order chi connectivity index (χ0) is 16.4. The van der Waals surface area contributed by atoms with Crippen molar-refractivity contribution in [3.63, 3.8) is 0 Å². The molecule has 1 aromatic carbocycles. The molecule has 2 N–H and O–H groups in total. The minimum Gasteiger partial charge on any atom is -0.493 e. The zero-order valence-corrected chi connectivity index (χ0v) is 14.9. The molecular weight excluding hydrogens is 298 g/mol. The predicted octanol–water partition coefficient (Wildman–Crippen LogP) is 4.98. The SMILES string of the molecule is CCCOc1cc(OCCC)c(CCCC(N)CC)cc1Cl. The van der Waals surface area contributed by atoms with Crippen LogP contribution in [0.15, 0.2) is 12.1 Å². The first kappa shape index (κ1) is 19.1. The third-order valence-corrected chi connectivity index (χ3v) is 3.88. The van der Waals surface area contributed by atoms with E-state index in [4.69, 9.17) is 26.8 Å². The third kappa shape index (κ3) is 6.45. The van der Waals surface area contributed by atoms with Crippen molar-refractivity contribution in [3.05, 3.63) is 22.7 Å². The fourth-order valence-corrected chi connectivity index (χ4v) is 2.44. The first-order valence-corrected chi connectivity index (χ1v) is 8.83. The Kier molecular flexibility index (Phi) is 9.33. The van der Waals surface area contributed by atoms with E-state index < -0.39 is 0 Å². The number of hydrogen-bond acceptors (Lipinski definition) is 3. The average Bonchev–Trinajstić information content (AvgIpc) is 2.52. The van der Waals surface area contributed by atoms with Crippen molar-refractivity contribution >= 4 is 11.6 Å². The number of benzene rings is 1. The summed E-state index contributed by atoms with van der Waals surface area (Å²) in [7, 11) is 0. The minimum atomic E-state index is 0.280. The molecule has 22 heavy (non-hydrogen) atoms. The number of aryl methyl sites for hydroxylation is 1. The Balaban J connectivity index is 2.81. The second kappa shape index (κ2) is 10.7. The maximum absolute atomic E-state index is 6.33. The molecule has 1 rings (SSSR count). The van der Waals surface area contributed by atoms with E-state index in [1.807, 2.05) is 12.1 Å². The van der Waals surface area contributed by atoms with Crippen molar-refractivity contribution in [3.8, 4) is 11.5 Å². The van der Waals surface area contributed by atoms with E-state index in [0.717, 1.165) is 49.8 Å². The predicted molar refractivity (Wildman–Crippen MR) is 94.2 cm³/mol. The molecule has 0 heterocycles. The summed E-state index contributed by atoms with van der Waals surface area (Å²) in [5.41, 5.74) is 7.13. The number of rotatable bonds is 11. The molecule has 0 bridgehead atoms. The topological polar surface area (TPSA) is 44.5 Å². The van der Waals surface area contributed by atoms with Crippen molar-refractivity contribution in [1.29, 1.82) is 0 Å². The van der Waals surface area contributed by atoms with Crippen LogP contribution in [0.2, 0.25) is 5.02 Å². The molecule has 0 saturated carbocycles. The highest BCUT2D eigenvalue weighted by atomic mass is 35.5. The molecule has 0 aliphatic rings. The Morgan fingerprint density at radius 2 is 1.68 bits per heavy atom. The molecule has 0 saturated heterocycles. The number of nitrogens with two attached hydrogens (primary N) is 1. The Hall–Kier alpha value is -0.930. The molecular formula is C18H30ClNO2. The maximum Gasteiger partial charge on any atom is 0.141 e. The fourth-order valence-electron chi connectivity index (χ4n) is 2.20. The molecule has 0 aliphatic carbocycles. The van der Waals surface area contributed by atoms with Gasteiger partial charge in [0.15, 0.2) is 0 Å². The molecule has 4 heteroatoms. The molecule has 3 nitrogen and oxygen atoms in total. The van der Waals surface area contributed by atoms with Crippen LogP contribution >= 0.6 is 11.6 Å². The molecule has 0 spiro atoms. The smallest absolute Gasteiger partial charge is 0.141 e. The van der Waals surface area contributed by atoms with Crippen LogP contribution in [0.4, 0.5) is 0 Å². The first-order chi connectivity index (χ1) is 10.6. The monoisotopic (exact) mass is 327 g/mol. The van der Waals surface area contributed by atoms with Crippen LogP contribution in [-0.4, -0.2) is 19.3 Å². The Morgan fingerprint density at radius 1 is 1.05 bits per heavy atom. The van der Waals surface area contributed by atoms with Gasteiger partial charge in [0, 0.05) is 12.1 Å². The largest absolute Gasteiger partial charge is 0.493 e. The van der Waals surface area contributed by atoms with Gasteiger partial charge < -0.3 is 15.2 Å². The molecule has 1 aromatic rings. The summed E-state index contributed by atoms with van der Waals surface area (Å²) in [6.07, 6.45) is 5.95. The van der Waals surface area contributed by atoms with Crippen molar-refractivity contribution in [2.45, 2.75) is 65.3 Å². The van der Waals surface area contributed by atoms with Crippen LogP contribution in [0.25, 0.3) is 0 Å². The molecule has 0 aromatic heterocycles. The summed E-state index contributed by atoms with van der Waals surface area (Å²) in [5.74, 6) is 1.60. The van der Waals surface area contributed by atoms with E-state index in [1.54, 1.807) is 0 Å². The van der Waals surface area contributed by atoms with Gasteiger partial charge in [0.05, 0.1) is 18.2 Å². The quantitative estimate of drug-likeness (QED) is 0.623. The lowest BCUT2D eigenvalue weighted by molar-refractivity contribution is 0.299. The van der Waals surface area contributed by atoms with Crippen LogP contribution in [0, 0.1) is 0 Å². The highest BCUT2D eigenvalue weighted by Gasteiger charge is 2.11.